The number of nitrogens with zero attached hydrogens (tertiary/aromatic N) is 2. The molecule has 0 saturated heterocycles. The molecule has 1 heterocycles. The maximum atomic E-state index is 11.7. The van der Waals surface area contributed by atoms with Crippen LogP contribution in [0.15, 0.2) is 28.7 Å². The van der Waals surface area contributed by atoms with Gasteiger partial charge in [-0.2, -0.15) is 0 Å². The van der Waals surface area contributed by atoms with E-state index in [2.05, 4.69) is 10.2 Å². The van der Waals surface area contributed by atoms with E-state index in [4.69, 9.17) is 9.52 Å². The Bertz CT molecular complexity index is 792. The predicted octanol–water partition coefficient (Wildman–Crippen LogP) is 1.71. The van der Waals surface area contributed by atoms with Crippen LogP contribution >= 0.6 is 0 Å². The maximum Gasteiger partial charge on any atom is 0.335 e. The molecule has 0 bridgehead atoms. The predicted molar refractivity (Wildman–Crippen MR) is 74.6 cm³/mol. The van der Waals surface area contributed by atoms with Crippen LogP contribution in [-0.2, 0) is 14.6 Å². The monoisotopic (exact) mass is 310 g/mol. The Balaban J connectivity index is 2.46. The lowest BCUT2D eigenvalue weighted by atomic mass is 10.1. The van der Waals surface area contributed by atoms with E-state index in [-0.39, 0.29) is 17.3 Å². The number of rotatable bonds is 4. The van der Waals surface area contributed by atoms with Crippen molar-refractivity contribution in [2.24, 2.45) is 0 Å². The summed E-state index contributed by atoms with van der Waals surface area (Å²) in [7, 11) is -3.44. The van der Waals surface area contributed by atoms with Crippen molar-refractivity contribution < 1.29 is 22.7 Å². The average molecular weight is 310 g/mol. The van der Waals surface area contributed by atoms with Crippen molar-refractivity contribution in [2.45, 2.75) is 18.6 Å². The van der Waals surface area contributed by atoms with Gasteiger partial charge in [0.25, 0.3) is 0 Å². The molecule has 0 aliphatic rings. The SMILES string of the molecule is CC(C)(c1nnc(-c2cccc(C(=O)O)c2)o1)S(C)(=O)=O. The zero-order chi connectivity index (χ0) is 15.8. The largest absolute Gasteiger partial charge is 0.478 e. The summed E-state index contributed by atoms with van der Waals surface area (Å²) in [5, 5.41) is 16.5. The summed E-state index contributed by atoms with van der Waals surface area (Å²) >= 11 is 0. The Kier molecular flexibility index (Phi) is 3.58. The van der Waals surface area contributed by atoms with Gasteiger partial charge in [-0.1, -0.05) is 6.07 Å². The summed E-state index contributed by atoms with van der Waals surface area (Å²) in [6.07, 6.45) is 1.09. The van der Waals surface area contributed by atoms with E-state index in [1.165, 1.54) is 26.0 Å². The Morgan fingerprint density at radius 1 is 1.29 bits per heavy atom. The van der Waals surface area contributed by atoms with Gasteiger partial charge in [-0.05, 0) is 32.0 Å². The van der Waals surface area contributed by atoms with Crippen molar-refractivity contribution in [3.05, 3.63) is 35.7 Å². The second-order valence-corrected chi connectivity index (χ2v) is 7.65. The number of aromatic carboxylic acids is 1. The molecule has 8 heteroatoms. The topological polar surface area (TPSA) is 110 Å². The van der Waals surface area contributed by atoms with Crippen LogP contribution in [0.1, 0.15) is 30.1 Å². The summed E-state index contributed by atoms with van der Waals surface area (Å²) in [6.45, 7) is 2.93. The van der Waals surface area contributed by atoms with Crippen LogP contribution in [0.4, 0.5) is 0 Å². The molecule has 0 spiro atoms. The molecule has 1 N–H and O–H groups in total. The first-order chi connectivity index (χ1) is 9.63. The molecule has 7 nitrogen and oxygen atoms in total. The Labute approximate surface area is 121 Å². The number of benzene rings is 1. The van der Waals surface area contributed by atoms with Crippen molar-refractivity contribution in [1.82, 2.24) is 10.2 Å². The molecule has 1 aromatic heterocycles. The lowest BCUT2D eigenvalue weighted by molar-refractivity contribution is 0.0697. The highest BCUT2D eigenvalue weighted by atomic mass is 32.2. The fourth-order valence-electron chi connectivity index (χ4n) is 1.53. The van der Waals surface area contributed by atoms with Gasteiger partial charge in [0.15, 0.2) is 9.84 Å². The minimum atomic E-state index is -3.44. The smallest absolute Gasteiger partial charge is 0.335 e. The normalized spacial score (nSPS) is 12.3. The number of carbonyl (C=O) groups is 1. The molecule has 112 valence electrons. The quantitative estimate of drug-likeness (QED) is 0.915. The number of carboxylic acid groups (broad SMARTS) is 1. The van der Waals surface area contributed by atoms with Crippen LogP contribution in [-0.4, -0.2) is 35.9 Å². The summed E-state index contributed by atoms with van der Waals surface area (Å²) in [6, 6.07) is 5.97. The van der Waals surface area contributed by atoms with E-state index >= 15 is 0 Å². The Morgan fingerprint density at radius 3 is 2.52 bits per heavy atom. The lowest BCUT2D eigenvalue weighted by Crippen LogP contribution is -2.28. The van der Waals surface area contributed by atoms with Gasteiger partial charge in [0.2, 0.25) is 11.8 Å². The average Bonchev–Trinajstić information content (AvgIpc) is 2.87. The van der Waals surface area contributed by atoms with Crippen LogP contribution in [0, 0.1) is 0 Å². The van der Waals surface area contributed by atoms with E-state index in [0.717, 1.165) is 6.26 Å². The molecular weight excluding hydrogens is 296 g/mol. The molecule has 2 aromatic rings. The molecule has 0 aliphatic carbocycles. The molecule has 0 unspecified atom stereocenters. The van der Waals surface area contributed by atoms with Crippen molar-refractivity contribution in [3.63, 3.8) is 0 Å². The van der Waals surface area contributed by atoms with E-state index < -0.39 is 20.6 Å². The minimum absolute atomic E-state index is 0.0410. The zero-order valence-electron chi connectivity index (χ0n) is 11.7. The van der Waals surface area contributed by atoms with E-state index in [9.17, 15) is 13.2 Å². The van der Waals surface area contributed by atoms with Gasteiger partial charge < -0.3 is 9.52 Å². The second kappa shape index (κ2) is 4.96. The summed E-state index contributed by atoms with van der Waals surface area (Å²) in [5.74, 6) is -1.04. The fourth-order valence-corrected chi connectivity index (χ4v) is 1.93. The number of hydrogen-bond acceptors (Lipinski definition) is 6. The summed E-state index contributed by atoms with van der Waals surface area (Å²) in [5.41, 5.74) is 0.493. The highest BCUT2D eigenvalue weighted by Crippen LogP contribution is 2.30. The van der Waals surface area contributed by atoms with Crippen LogP contribution < -0.4 is 0 Å². The molecule has 1 aromatic carbocycles. The third kappa shape index (κ3) is 2.80. The number of sulfone groups is 1. The van der Waals surface area contributed by atoms with E-state index in [1.54, 1.807) is 12.1 Å². The van der Waals surface area contributed by atoms with Gasteiger partial charge in [0.05, 0.1) is 5.56 Å². The van der Waals surface area contributed by atoms with Gasteiger partial charge >= 0.3 is 5.97 Å². The third-order valence-corrected chi connectivity index (χ3v) is 5.25. The first-order valence-corrected chi connectivity index (χ1v) is 7.89. The second-order valence-electron chi connectivity index (χ2n) is 5.08. The first-order valence-electron chi connectivity index (χ1n) is 6.00. The molecule has 21 heavy (non-hydrogen) atoms. The Morgan fingerprint density at radius 2 is 1.95 bits per heavy atom. The molecular formula is C13H14N2O5S. The van der Waals surface area contributed by atoms with Crippen LogP contribution in [0.2, 0.25) is 0 Å². The molecule has 0 aliphatic heterocycles. The lowest BCUT2D eigenvalue weighted by Gasteiger charge is -2.16. The van der Waals surface area contributed by atoms with Crippen LogP contribution in [0.25, 0.3) is 11.5 Å². The van der Waals surface area contributed by atoms with E-state index in [0.29, 0.717) is 5.56 Å². The highest BCUT2D eigenvalue weighted by Gasteiger charge is 2.38. The van der Waals surface area contributed by atoms with Crippen molar-refractivity contribution >= 4 is 15.8 Å². The van der Waals surface area contributed by atoms with Crippen LogP contribution in [0.3, 0.4) is 0 Å². The van der Waals surface area contributed by atoms with Crippen LogP contribution in [0.5, 0.6) is 0 Å². The maximum absolute atomic E-state index is 11.7. The Hall–Kier alpha value is -2.22. The van der Waals surface area contributed by atoms with Gasteiger partial charge in [0, 0.05) is 11.8 Å². The van der Waals surface area contributed by atoms with Crippen molar-refractivity contribution in [3.8, 4) is 11.5 Å². The van der Waals surface area contributed by atoms with Gasteiger partial charge in [-0.15, -0.1) is 10.2 Å². The summed E-state index contributed by atoms with van der Waals surface area (Å²) < 4.78 is 27.6. The molecule has 2 rings (SSSR count). The summed E-state index contributed by atoms with van der Waals surface area (Å²) in [4.78, 5) is 10.9. The molecule has 0 amide bonds. The number of carboxylic acids is 1. The minimum Gasteiger partial charge on any atom is -0.478 e. The molecule has 0 fully saturated rings. The van der Waals surface area contributed by atoms with E-state index in [1.807, 2.05) is 0 Å². The van der Waals surface area contributed by atoms with Crippen molar-refractivity contribution in [2.75, 3.05) is 6.26 Å². The van der Waals surface area contributed by atoms with Gasteiger partial charge in [-0.3, -0.25) is 0 Å². The number of aromatic nitrogens is 2. The fraction of sp³-hybridized carbons (Fsp3) is 0.308. The van der Waals surface area contributed by atoms with Crippen molar-refractivity contribution in [1.29, 1.82) is 0 Å². The highest BCUT2D eigenvalue weighted by molar-refractivity contribution is 7.91. The third-order valence-electron chi connectivity index (χ3n) is 3.22. The van der Waals surface area contributed by atoms with Gasteiger partial charge in [0.1, 0.15) is 4.75 Å². The zero-order valence-corrected chi connectivity index (χ0v) is 12.5. The molecule has 0 atom stereocenters. The molecule has 0 radical (unpaired) electrons. The number of hydrogen-bond donors (Lipinski definition) is 1. The first kappa shape index (κ1) is 15.2. The van der Waals surface area contributed by atoms with Gasteiger partial charge in [-0.25, -0.2) is 13.2 Å². The molecule has 0 saturated carbocycles. The standard InChI is InChI=1S/C13H14N2O5S/c1-13(2,21(3,18)19)12-15-14-10(20-12)8-5-4-6-9(7-8)11(16)17/h4-7H,1-3H3,(H,16,17).